The first-order valence-electron chi connectivity index (χ1n) is 10.5. The minimum atomic E-state index is -0.536. The molecule has 0 atom stereocenters. The number of non-ortho nitro benzene ring substituents is 1. The van der Waals surface area contributed by atoms with Crippen molar-refractivity contribution in [3.05, 3.63) is 93.5 Å². The SMILES string of the molecule is COc1ccc(-c2nnc(SCC(=O)NN=Cc3cc([N+](=O)[O-])ccc3Cl)n2-c2ccccc2)cc1. The Hall–Kier alpha value is -4.22. The number of nitrogens with one attached hydrogen (secondary N) is 1. The summed E-state index contributed by atoms with van der Waals surface area (Å²) in [5.74, 6) is 0.951. The van der Waals surface area contributed by atoms with Gasteiger partial charge in [-0.2, -0.15) is 5.10 Å². The lowest BCUT2D eigenvalue weighted by atomic mass is 10.2. The first-order chi connectivity index (χ1) is 17.5. The number of amides is 1. The molecule has 36 heavy (non-hydrogen) atoms. The van der Waals surface area contributed by atoms with Crippen LogP contribution in [0.15, 0.2) is 83.1 Å². The summed E-state index contributed by atoms with van der Waals surface area (Å²) in [6, 6.07) is 21.0. The van der Waals surface area contributed by atoms with E-state index < -0.39 is 10.8 Å². The number of hydrazone groups is 1. The van der Waals surface area contributed by atoms with E-state index in [-0.39, 0.29) is 16.5 Å². The largest absolute Gasteiger partial charge is 0.497 e. The molecule has 0 fully saturated rings. The first kappa shape index (κ1) is 24.9. The summed E-state index contributed by atoms with van der Waals surface area (Å²) < 4.78 is 7.10. The summed E-state index contributed by atoms with van der Waals surface area (Å²) in [5.41, 5.74) is 4.26. The second kappa shape index (κ2) is 11.5. The monoisotopic (exact) mass is 522 g/mol. The fraction of sp³-hybridized carbons (Fsp3) is 0.0833. The number of halogens is 1. The van der Waals surface area contributed by atoms with Gasteiger partial charge >= 0.3 is 0 Å². The third-order valence-corrected chi connectivity index (χ3v) is 6.18. The van der Waals surface area contributed by atoms with Gasteiger partial charge in [0, 0.05) is 34.0 Å². The summed E-state index contributed by atoms with van der Waals surface area (Å²) in [5, 5.41) is 24.2. The lowest BCUT2D eigenvalue weighted by Crippen LogP contribution is -2.20. The number of nitrogens with zero attached hydrogens (tertiary/aromatic N) is 5. The smallest absolute Gasteiger partial charge is 0.270 e. The van der Waals surface area contributed by atoms with Crippen molar-refractivity contribution in [3.8, 4) is 22.8 Å². The fourth-order valence-corrected chi connectivity index (χ4v) is 4.09. The van der Waals surface area contributed by atoms with Crippen LogP contribution in [0, 0.1) is 10.1 Å². The van der Waals surface area contributed by atoms with Crippen molar-refractivity contribution in [3.63, 3.8) is 0 Å². The van der Waals surface area contributed by atoms with E-state index in [1.54, 1.807) is 7.11 Å². The fourth-order valence-electron chi connectivity index (χ4n) is 3.18. The van der Waals surface area contributed by atoms with Crippen molar-refractivity contribution in [2.24, 2.45) is 5.10 Å². The molecule has 0 saturated heterocycles. The molecule has 10 nitrogen and oxygen atoms in total. The molecular weight excluding hydrogens is 504 g/mol. The minimum absolute atomic E-state index is 0.00753. The predicted octanol–water partition coefficient (Wildman–Crippen LogP) is 4.75. The molecule has 4 rings (SSSR count). The summed E-state index contributed by atoms with van der Waals surface area (Å²) in [6.45, 7) is 0. The molecule has 1 heterocycles. The van der Waals surface area contributed by atoms with Crippen LogP contribution in [0.3, 0.4) is 0 Å². The van der Waals surface area contributed by atoms with Crippen LogP contribution in [-0.4, -0.2) is 44.7 Å². The molecular formula is C24H19ClN6O4S. The normalized spacial score (nSPS) is 10.9. The summed E-state index contributed by atoms with van der Waals surface area (Å²) in [7, 11) is 1.60. The van der Waals surface area contributed by atoms with Crippen molar-refractivity contribution >= 4 is 41.2 Å². The van der Waals surface area contributed by atoms with Crippen molar-refractivity contribution in [1.29, 1.82) is 0 Å². The van der Waals surface area contributed by atoms with Gasteiger partial charge in [0.25, 0.3) is 11.6 Å². The van der Waals surface area contributed by atoms with Crippen LogP contribution in [0.25, 0.3) is 17.1 Å². The number of nitro groups is 1. The van der Waals surface area contributed by atoms with Gasteiger partial charge in [-0.25, -0.2) is 5.43 Å². The molecule has 3 aromatic carbocycles. The van der Waals surface area contributed by atoms with Gasteiger partial charge in [-0.3, -0.25) is 19.5 Å². The molecule has 1 N–H and O–H groups in total. The highest BCUT2D eigenvalue weighted by molar-refractivity contribution is 7.99. The van der Waals surface area contributed by atoms with E-state index in [0.29, 0.717) is 16.5 Å². The van der Waals surface area contributed by atoms with Crippen LogP contribution in [-0.2, 0) is 4.79 Å². The number of hydrogen-bond acceptors (Lipinski definition) is 8. The van der Waals surface area contributed by atoms with Gasteiger partial charge in [0.05, 0.1) is 24.0 Å². The van der Waals surface area contributed by atoms with E-state index in [1.165, 1.54) is 36.2 Å². The van der Waals surface area contributed by atoms with Crippen molar-refractivity contribution in [2.75, 3.05) is 12.9 Å². The van der Waals surface area contributed by atoms with Gasteiger partial charge in [0.1, 0.15) is 5.75 Å². The Morgan fingerprint density at radius 2 is 1.92 bits per heavy atom. The Morgan fingerprint density at radius 3 is 2.61 bits per heavy atom. The number of methoxy groups -OCH3 is 1. The van der Waals surface area contributed by atoms with Crippen molar-refractivity contribution in [1.82, 2.24) is 20.2 Å². The average molecular weight is 523 g/mol. The molecule has 0 aliphatic carbocycles. The number of aromatic nitrogens is 3. The minimum Gasteiger partial charge on any atom is -0.497 e. The zero-order chi connectivity index (χ0) is 25.5. The molecule has 0 radical (unpaired) electrons. The molecule has 182 valence electrons. The van der Waals surface area contributed by atoms with Crippen molar-refractivity contribution < 1.29 is 14.5 Å². The Morgan fingerprint density at radius 1 is 1.17 bits per heavy atom. The Kier molecular flexibility index (Phi) is 7.93. The number of ether oxygens (including phenoxy) is 1. The van der Waals surface area contributed by atoms with Crippen LogP contribution in [0.5, 0.6) is 5.75 Å². The molecule has 0 saturated carbocycles. The molecule has 0 unspecified atom stereocenters. The van der Waals surface area contributed by atoms with Crippen LogP contribution < -0.4 is 10.2 Å². The maximum Gasteiger partial charge on any atom is 0.270 e. The molecule has 1 amide bonds. The number of rotatable bonds is 9. The number of carbonyl (C=O) groups excluding carboxylic acids is 1. The van der Waals surface area contributed by atoms with Crippen LogP contribution >= 0.6 is 23.4 Å². The molecule has 12 heteroatoms. The number of benzene rings is 3. The second-order valence-corrected chi connectivity index (χ2v) is 8.60. The number of carbonyl (C=O) groups is 1. The maximum absolute atomic E-state index is 12.4. The van der Waals surface area contributed by atoms with E-state index in [2.05, 4.69) is 20.7 Å². The van der Waals surface area contributed by atoms with Gasteiger partial charge < -0.3 is 4.74 Å². The molecule has 0 aliphatic heterocycles. The zero-order valence-electron chi connectivity index (χ0n) is 18.9. The Labute approximate surface area is 215 Å². The number of para-hydroxylation sites is 1. The molecule has 0 spiro atoms. The number of thioether (sulfide) groups is 1. The van der Waals surface area contributed by atoms with E-state index in [9.17, 15) is 14.9 Å². The van der Waals surface area contributed by atoms with E-state index in [4.69, 9.17) is 16.3 Å². The molecule has 4 aromatic rings. The summed E-state index contributed by atoms with van der Waals surface area (Å²) in [6.07, 6.45) is 1.26. The molecule has 0 aliphatic rings. The lowest BCUT2D eigenvalue weighted by Gasteiger charge is -2.10. The van der Waals surface area contributed by atoms with Crippen LogP contribution in [0.4, 0.5) is 5.69 Å². The Balaban J connectivity index is 1.49. The first-order valence-corrected chi connectivity index (χ1v) is 11.9. The van der Waals surface area contributed by atoms with Gasteiger partial charge in [-0.05, 0) is 42.5 Å². The van der Waals surface area contributed by atoms with E-state index in [1.807, 2.05) is 59.2 Å². The number of hydrogen-bond donors (Lipinski definition) is 1. The molecule has 0 bridgehead atoms. The zero-order valence-corrected chi connectivity index (χ0v) is 20.4. The topological polar surface area (TPSA) is 125 Å². The highest BCUT2D eigenvalue weighted by Crippen LogP contribution is 2.29. The quantitative estimate of drug-likeness (QED) is 0.145. The highest BCUT2D eigenvalue weighted by Gasteiger charge is 2.17. The van der Waals surface area contributed by atoms with E-state index in [0.717, 1.165) is 17.0 Å². The van der Waals surface area contributed by atoms with Crippen LogP contribution in [0.2, 0.25) is 5.02 Å². The van der Waals surface area contributed by atoms with Gasteiger partial charge in [-0.1, -0.05) is 41.6 Å². The van der Waals surface area contributed by atoms with Gasteiger partial charge in [0.15, 0.2) is 11.0 Å². The summed E-state index contributed by atoms with van der Waals surface area (Å²) >= 11 is 7.24. The maximum atomic E-state index is 12.4. The highest BCUT2D eigenvalue weighted by atomic mass is 35.5. The molecule has 1 aromatic heterocycles. The van der Waals surface area contributed by atoms with Crippen LogP contribution in [0.1, 0.15) is 5.56 Å². The average Bonchev–Trinajstić information content (AvgIpc) is 3.33. The third kappa shape index (κ3) is 5.88. The van der Waals surface area contributed by atoms with Crippen molar-refractivity contribution in [2.45, 2.75) is 5.16 Å². The summed E-state index contributed by atoms with van der Waals surface area (Å²) in [4.78, 5) is 22.8. The van der Waals surface area contributed by atoms with E-state index >= 15 is 0 Å². The standard InChI is InChI=1S/C24H19ClN6O4S/c1-35-20-10-7-16(8-11-20)23-28-29-24(30(23)18-5-3-2-4-6-18)36-15-22(32)27-26-14-17-13-19(31(33)34)9-12-21(17)25/h2-14H,15H2,1H3,(H,27,32). The number of nitro benzene ring substituents is 1. The third-order valence-electron chi connectivity index (χ3n) is 4.91. The Bertz CT molecular complexity index is 1410. The van der Waals surface area contributed by atoms with Gasteiger partial charge in [-0.15, -0.1) is 10.2 Å². The van der Waals surface area contributed by atoms with Gasteiger partial charge in [0.2, 0.25) is 0 Å². The second-order valence-electron chi connectivity index (χ2n) is 7.25. The lowest BCUT2D eigenvalue weighted by molar-refractivity contribution is -0.384. The predicted molar refractivity (Wildman–Crippen MR) is 138 cm³/mol.